The summed E-state index contributed by atoms with van der Waals surface area (Å²) in [5.74, 6) is 0.864. The van der Waals surface area contributed by atoms with Gasteiger partial charge in [0.15, 0.2) is 0 Å². The van der Waals surface area contributed by atoms with Crippen LogP contribution in [0.5, 0.6) is 0 Å². The molecule has 0 amide bonds. The van der Waals surface area contributed by atoms with Gasteiger partial charge in [-0.05, 0) is 118 Å². The van der Waals surface area contributed by atoms with Gasteiger partial charge in [-0.3, -0.25) is 0 Å². The van der Waals surface area contributed by atoms with Crippen LogP contribution in [0.1, 0.15) is 11.1 Å². The van der Waals surface area contributed by atoms with Gasteiger partial charge in [0, 0.05) is 69.8 Å². The zero-order valence-corrected chi connectivity index (χ0v) is 39.2. The number of rotatable bonds is 6. The lowest BCUT2D eigenvalue weighted by molar-refractivity contribution is 0.830. The van der Waals surface area contributed by atoms with E-state index in [0.29, 0.717) is 0 Å². The largest absolute Gasteiger partial charge is 0.359 e. The number of aromatic nitrogens is 2. The van der Waals surface area contributed by atoms with Crippen molar-refractivity contribution in [2.75, 3.05) is 0 Å². The van der Waals surface area contributed by atoms with Crippen molar-refractivity contribution >= 4 is 97.4 Å². The number of fused-ring (bicyclic) bond motifs is 12. The van der Waals surface area contributed by atoms with Gasteiger partial charge in [0.25, 0.3) is 0 Å². The maximum absolute atomic E-state index is 5.35. The molecule has 0 bridgehead atoms. The third-order valence-corrected chi connectivity index (χ3v) is 16.0. The minimum atomic E-state index is 0.0221. The van der Waals surface area contributed by atoms with Crippen LogP contribution in [0.15, 0.2) is 253 Å². The monoisotopic (exact) mass is 922 g/mol. The zero-order chi connectivity index (χ0) is 46.6. The van der Waals surface area contributed by atoms with Gasteiger partial charge in [-0.1, -0.05) is 158 Å². The molecule has 5 heteroatoms. The van der Waals surface area contributed by atoms with Crippen molar-refractivity contribution in [3.63, 3.8) is 0 Å². The average molecular weight is 923 g/mol. The van der Waals surface area contributed by atoms with Gasteiger partial charge in [0.2, 0.25) is 0 Å². The molecule has 10 aromatic carbocycles. The van der Waals surface area contributed by atoms with Crippen LogP contribution >= 0.6 is 11.3 Å². The van der Waals surface area contributed by atoms with Crippen LogP contribution in [0, 0.1) is 0 Å². The van der Waals surface area contributed by atoms with E-state index in [2.05, 4.69) is 257 Å². The molecule has 1 aliphatic heterocycles. The smallest absolute Gasteiger partial charge is 0.134 e. The topological polar surface area (TPSA) is 34.2 Å². The summed E-state index contributed by atoms with van der Waals surface area (Å²) in [5, 5.41) is 13.9. The van der Waals surface area contributed by atoms with E-state index < -0.39 is 0 Å². The molecular weight excluding hydrogens is 881 g/mol. The number of hydrogen-bond acceptors (Lipinski definition) is 3. The summed E-state index contributed by atoms with van der Waals surface area (Å²) in [6, 6.07) is 80.0. The quantitative estimate of drug-likeness (QED) is 0.177. The van der Waals surface area contributed by atoms with Gasteiger partial charge in [0.1, 0.15) is 5.84 Å². The molecule has 4 heterocycles. The first kappa shape index (κ1) is 39.9. The minimum absolute atomic E-state index is 0.0221. The Kier molecular flexibility index (Phi) is 8.86. The standard InChI is InChI=1S/C66H42N4S/c1-2-14-49(15-3-1)70-60-36-31-48(40-56(60)63-61(70)37-34-53-52-17-8-11-21-62(52)71-65(53)63)47-30-35-59-55(39-47)51-16-7-10-20-58(51)69(59)50-32-28-44(29-33-50)66-67-57-19-9-6-18-54(57)64(68-66)43-25-22-42(23-26-43)46-27-24-41-12-4-5-13-45(41)38-46/h1-40,57H,(H,67,68). The number of nitrogens with zero attached hydrogens (tertiary/aromatic N) is 3. The number of hydrogen-bond donors (Lipinski definition) is 1. The fourth-order valence-electron chi connectivity index (χ4n) is 11.3. The zero-order valence-electron chi connectivity index (χ0n) is 38.4. The number of aliphatic imine (C=N–C) groups is 1. The van der Waals surface area contributed by atoms with E-state index in [4.69, 9.17) is 4.99 Å². The molecule has 0 radical (unpaired) electrons. The van der Waals surface area contributed by atoms with Crippen molar-refractivity contribution in [3.05, 3.63) is 259 Å². The van der Waals surface area contributed by atoms with Crippen molar-refractivity contribution in [3.8, 4) is 33.6 Å². The van der Waals surface area contributed by atoms with Gasteiger partial charge in [-0.2, -0.15) is 0 Å². The van der Waals surface area contributed by atoms with Crippen molar-refractivity contribution in [1.29, 1.82) is 0 Å². The summed E-state index contributed by atoms with van der Waals surface area (Å²) in [7, 11) is 0. The molecule has 1 atom stereocenters. The van der Waals surface area contributed by atoms with Crippen molar-refractivity contribution in [2.24, 2.45) is 4.99 Å². The molecule has 1 N–H and O–H groups in total. The van der Waals surface area contributed by atoms with Crippen LogP contribution in [-0.4, -0.2) is 21.0 Å². The summed E-state index contributed by atoms with van der Waals surface area (Å²) in [5.41, 5.74) is 16.2. The van der Waals surface area contributed by atoms with Crippen LogP contribution in [0.2, 0.25) is 0 Å². The van der Waals surface area contributed by atoms with Crippen LogP contribution < -0.4 is 5.32 Å². The second-order valence-electron chi connectivity index (χ2n) is 18.7. The third kappa shape index (κ3) is 6.33. The summed E-state index contributed by atoms with van der Waals surface area (Å²) in [6.07, 6.45) is 8.63. The number of benzene rings is 10. The third-order valence-electron chi connectivity index (χ3n) is 14.7. The van der Waals surface area contributed by atoms with Crippen LogP contribution in [0.25, 0.3) is 114 Å². The van der Waals surface area contributed by atoms with Crippen molar-refractivity contribution in [1.82, 2.24) is 14.5 Å². The van der Waals surface area contributed by atoms with E-state index in [0.717, 1.165) is 28.3 Å². The molecule has 1 aliphatic carbocycles. The summed E-state index contributed by atoms with van der Waals surface area (Å²) in [6.45, 7) is 0. The van der Waals surface area contributed by atoms with E-state index in [1.165, 1.54) is 108 Å². The van der Waals surface area contributed by atoms with Crippen LogP contribution in [0.4, 0.5) is 0 Å². The second kappa shape index (κ2) is 15.8. The lowest BCUT2D eigenvalue weighted by Gasteiger charge is -2.28. The number of para-hydroxylation sites is 2. The van der Waals surface area contributed by atoms with Crippen LogP contribution in [0.3, 0.4) is 0 Å². The Labute approximate surface area is 413 Å². The van der Waals surface area contributed by atoms with Gasteiger partial charge >= 0.3 is 0 Å². The molecule has 332 valence electrons. The number of allylic oxidation sites excluding steroid dienone is 2. The Morgan fingerprint density at radius 3 is 1.86 bits per heavy atom. The Hall–Kier alpha value is -9.03. The predicted molar refractivity (Wildman–Crippen MR) is 301 cm³/mol. The molecular formula is C66H42N4S. The second-order valence-corrected chi connectivity index (χ2v) is 19.8. The van der Waals surface area contributed by atoms with Gasteiger partial charge in [0.05, 0.1) is 33.8 Å². The molecule has 2 aliphatic rings. The van der Waals surface area contributed by atoms with Crippen LogP contribution in [-0.2, 0) is 0 Å². The molecule has 1 unspecified atom stereocenters. The number of nitrogens with one attached hydrogen (secondary N) is 1. The molecule has 0 fully saturated rings. The van der Waals surface area contributed by atoms with Gasteiger partial charge in [-0.15, -0.1) is 11.3 Å². The molecule has 13 aromatic rings. The highest BCUT2D eigenvalue weighted by atomic mass is 32.1. The van der Waals surface area contributed by atoms with E-state index in [1.807, 2.05) is 11.3 Å². The summed E-state index contributed by atoms with van der Waals surface area (Å²) >= 11 is 1.90. The average Bonchev–Trinajstić information content (AvgIpc) is 4.10. The molecule has 0 saturated heterocycles. The predicted octanol–water partition coefficient (Wildman–Crippen LogP) is 17.0. The van der Waals surface area contributed by atoms with Gasteiger partial charge in [-0.25, -0.2) is 4.99 Å². The first-order chi connectivity index (χ1) is 35.2. The fraction of sp³-hybridized carbons (Fsp3) is 0.0152. The Morgan fingerprint density at radius 1 is 0.408 bits per heavy atom. The fourth-order valence-corrected chi connectivity index (χ4v) is 12.6. The Bertz CT molecular complexity index is 4460. The van der Waals surface area contributed by atoms with Gasteiger partial charge < -0.3 is 14.5 Å². The Balaban J connectivity index is 0.802. The molecule has 71 heavy (non-hydrogen) atoms. The normalized spacial score (nSPS) is 14.6. The molecule has 3 aromatic heterocycles. The van der Waals surface area contributed by atoms with Crippen molar-refractivity contribution in [2.45, 2.75) is 6.04 Å². The summed E-state index contributed by atoms with van der Waals surface area (Å²) in [4.78, 5) is 5.35. The van der Waals surface area contributed by atoms with E-state index in [-0.39, 0.29) is 6.04 Å². The van der Waals surface area contributed by atoms with E-state index in [9.17, 15) is 0 Å². The molecule has 0 saturated carbocycles. The first-order valence-corrected chi connectivity index (χ1v) is 25.1. The highest BCUT2D eigenvalue weighted by Crippen LogP contribution is 2.45. The SMILES string of the molecule is C1=CC2=C(c3ccc(-c4ccc5ccccc5c4)cc3)N=C(c3ccc(-n4c5ccccc5c5cc(-c6ccc7c(c6)c6c8sc9ccccc9c8ccc6n7-c6ccccc6)ccc54)cc3)NC2C=C1. The number of amidine groups is 1. The maximum atomic E-state index is 5.35. The lowest BCUT2D eigenvalue weighted by Crippen LogP contribution is -2.39. The summed E-state index contributed by atoms with van der Waals surface area (Å²) < 4.78 is 7.49. The number of thiophene rings is 1. The first-order valence-electron chi connectivity index (χ1n) is 24.3. The molecule has 15 rings (SSSR count). The Morgan fingerprint density at radius 2 is 1.01 bits per heavy atom. The van der Waals surface area contributed by atoms with Crippen molar-refractivity contribution < 1.29 is 0 Å². The molecule has 0 spiro atoms. The molecule has 4 nitrogen and oxygen atoms in total. The lowest BCUT2D eigenvalue weighted by atomic mass is 9.93. The van der Waals surface area contributed by atoms with E-state index >= 15 is 0 Å². The maximum Gasteiger partial charge on any atom is 0.134 e. The highest BCUT2D eigenvalue weighted by Gasteiger charge is 2.25. The highest BCUT2D eigenvalue weighted by molar-refractivity contribution is 7.26. The minimum Gasteiger partial charge on any atom is -0.359 e. The van der Waals surface area contributed by atoms with E-state index in [1.54, 1.807) is 0 Å².